The van der Waals surface area contributed by atoms with Gasteiger partial charge < -0.3 is 0 Å². The average Bonchev–Trinajstić information content (AvgIpc) is 2.16. The molecule has 0 aromatic rings. The molecule has 0 heterocycles. The van der Waals surface area contributed by atoms with Gasteiger partial charge in [-0.15, -0.1) is 0 Å². The summed E-state index contributed by atoms with van der Waals surface area (Å²) >= 11 is 0. The van der Waals surface area contributed by atoms with Gasteiger partial charge in [0.05, 0.1) is 0 Å². The standard InChI is InChI=1S/C15H24/c1-13-7-4-9-14(2)11-6-12-15(3)10-5-8-13/h4-7,10-11,13-15H,8-9,12H2,1-3H3/b7-4+,10-5+,11-6+. The number of allylic oxidation sites excluding steroid dienone is 6. The van der Waals surface area contributed by atoms with Gasteiger partial charge in [-0.05, 0) is 37.0 Å². The zero-order valence-electron chi connectivity index (χ0n) is 10.3. The molecule has 0 heteroatoms. The van der Waals surface area contributed by atoms with Crippen LogP contribution in [0.3, 0.4) is 0 Å². The molecular formula is C15H24. The molecule has 0 saturated heterocycles. The SMILES string of the molecule is CC1/C=C/CC(C)/C=C/CC(C)/C=C/C1. The minimum Gasteiger partial charge on any atom is -0.0877 e. The molecule has 0 aromatic carbocycles. The van der Waals surface area contributed by atoms with Crippen LogP contribution < -0.4 is 0 Å². The van der Waals surface area contributed by atoms with Crippen molar-refractivity contribution in [1.82, 2.24) is 0 Å². The van der Waals surface area contributed by atoms with Crippen LogP contribution in [0, 0.1) is 17.8 Å². The van der Waals surface area contributed by atoms with Gasteiger partial charge in [0.25, 0.3) is 0 Å². The number of hydrogen-bond donors (Lipinski definition) is 0. The highest BCUT2D eigenvalue weighted by Crippen LogP contribution is 2.14. The second-order valence-electron chi connectivity index (χ2n) is 4.92. The highest BCUT2D eigenvalue weighted by atomic mass is 14.1. The van der Waals surface area contributed by atoms with Gasteiger partial charge in [-0.1, -0.05) is 57.2 Å². The molecule has 0 fully saturated rings. The molecule has 84 valence electrons. The first-order valence-electron chi connectivity index (χ1n) is 6.18. The maximum absolute atomic E-state index is 2.35. The minimum absolute atomic E-state index is 0.684. The first-order chi connectivity index (χ1) is 7.18. The van der Waals surface area contributed by atoms with Gasteiger partial charge in [-0.3, -0.25) is 0 Å². The fourth-order valence-electron chi connectivity index (χ4n) is 1.81. The lowest BCUT2D eigenvalue weighted by atomic mass is 9.98. The normalized spacial score (nSPS) is 39.8. The van der Waals surface area contributed by atoms with Gasteiger partial charge >= 0.3 is 0 Å². The Balaban J connectivity index is 2.61. The Kier molecular flexibility index (Phi) is 5.45. The molecule has 0 N–H and O–H groups in total. The Hall–Kier alpha value is -0.780. The molecule has 1 aliphatic carbocycles. The molecule has 0 bridgehead atoms. The largest absolute Gasteiger partial charge is 0.0877 e. The van der Waals surface area contributed by atoms with E-state index in [-0.39, 0.29) is 0 Å². The van der Waals surface area contributed by atoms with E-state index in [1.165, 1.54) is 19.3 Å². The summed E-state index contributed by atoms with van der Waals surface area (Å²) in [4.78, 5) is 0. The van der Waals surface area contributed by atoms with Gasteiger partial charge in [0.1, 0.15) is 0 Å². The fourth-order valence-corrected chi connectivity index (χ4v) is 1.81. The Morgan fingerprint density at radius 1 is 0.600 bits per heavy atom. The maximum atomic E-state index is 2.35. The fraction of sp³-hybridized carbons (Fsp3) is 0.600. The van der Waals surface area contributed by atoms with E-state index in [4.69, 9.17) is 0 Å². The van der Waals surface area contributed by atoms with Crippen molar-refractivity contribution < 1.29 is 0 Å². The molecule has 3 atom stereocenters. The molecule has 0 amide bonds. The number of hydrogen-bond acceptors (Lipinski definition) is 0. The third-order valence-electron chi connectivity index (χ3n) is 2.92. The van der Waals surface area contributed by atoms with Crippen LogP contribution in [0.4, 0.5) is 0 Å². The van der Waals surface area contributed by atoms with Crippen molar-refractivity contribution in [2.45, 2.75) is 40.0 Å². The van der Waals surface area contributed by atoms with Crippen molar-refractivity contribution >= 4 is 0 Å². The van der Waals surface area contributed by atoms with Crippen LogP contribution >= 0.6 is 0 Å². The average molecular weight is 204 g/mol. The van der Waals surface area contributed by atoms with Crippen LogP contribution in [0.5, 0.6) is 0 Å². The highest BCUT2D eigenvalue weighted by molar-refractivity contribution is 5.00. The molecule has 1 aliphatic rings. The predicted octanol–water partition coefficient (Wildman–Crippen LogP) is 4.75. The Labute approximate surface area is 94.8 Å². The van der Waals surface area contributed by atoms with E-state index in [1.807, 2.05) is 0 Å². The van der Waals surface area contributed by atoms with Gasteiger partial charge in [-0.2, -0.15) is 0 Å². The zero-order chi connectivity index (χ0) is 11.1. The van der Waals surface area contributed by atoms with E-state index in [1.54, 1.807) is 0 Å². The van der Waals surface area contributed by atoms with Crippen molar-refractivity contribution in [3.8, 4) is 0 Å². The third kappa shape index (κ3) is 5.61. The molecule has 0 aromatic heterocycles. The molecule has 0 radical (unpaired) electrons. The van der Waals surface area contributed by atoms with Gasteiger partial charge in [0, 0.05) is 0 Å². The molecule has 3 unspecified atom stereocenters. The van der Waals surface area contributed by atoms with E-state index >= 15 is 0 Å². The summed E-state index contributed by atoms with van der Waals surface area (Å²) in [6, 6.07) is 0. The lowest BCUT2D eigenvalue weighted by Gasteiger charge is -2.08. The Morgan fingerprint density at radius 3 is 1.13 bits per heavy atom. The molecule has 1 rings (SSSR count). The summed E-state index contributed by atoms with van der Waals surface area (Å²) < 4.78 is 0. The van der Waals surface area contributed by atoms with E-state index in [2.05, 4.69) is 57.2 Å². The first-order valence-corrected chi connectivity index (χ1v) is 6.18. The summed E-state index contributed by atoms with van der Waals surface area (Å²) in [6.45, 7) is 6.87. The van der Waals surface area contributed by atoms with Crippen LogP contribution in [-0.2, 0) is 0 Å². The molecular weight excluding hydrogens is 180 g/mol. The number of rotatable bonds is 0. The minimum atomic E-state index is 0.684. The lowest BCUT2D eigenvalue weighted by Crippen LogP contribution is -1.93. The molecule has 0 nitrogen and oxygen atoms in total. The van der Waals surface area contributed by atoms with Crippen molar-refractivity contribution in [2.75, 3.05) is 0 Å². The third-order valence-corrected chi connectivity index (χ3v) is 2.92. The van der Waals surface area contributed by atoms with E-state index in [9.17, 15) is 0 Å². The summed E-state index contributed by atoms with van der Waals surface area (Å²) in [5.41, 5.74) is 0. The zero-order valence-corrected chi connectivity index (χ0v) is 10.3. The first kappa shape index (κ1) is 12.3. The summed E-state index contributed by atoms with van der Waals surface area (Å²) in [6.07, 6.45) is 17.6. The van der Waals surface area contributed by atoms with Gasteiger partial charge in [-0.25, -0.2) is 0 Å². The second kappa shape index (κ2) is 6.66. The van der Waals surface area contributed by atoms with Crippen LogP contribution in [0.15, 0.2) is 36.5 Å². The van der Waals surface area contributed by atoms with Crippen molar-refractivity contribution in [3.05, 3.63) is 36.5 Å². The van der Waals surface area contributed by atoms with Gasteiger partial charge in [0.15, 0.2) is 0 Å². The lowest BCUT2D eigenvalue weighted by molar-refractivity contribution is 0.682. The summed E-state index contributed by atoms with van der Waals surface area (Å²) in [7, 11) is 0. The quantitative estimate of drug-likeness (QED) is 0.500. The molecule has 15 heavy (non-hydrogen) atoms. The molecule has 0 aliphatic heterocycles. The van der Waals surface area contributed by atoms with Crippen molar-refractivity contribution in [3.63, 3.8) is 0 Å². The maximum Gasteiger partial charge on any atom is -0.0227 e. The monoisotopic (exact) mass is 204 g/mol. The van der Waals surface area contributed by atoms with E-state index in [0.29, 0.717) is 17.8 Å². The van der Waals surface area contributed by atoms with Crippen molar-refractivity contribution in [2.24, 2.45) is 17.8 Å². The van der Waals surface area contributed by atoms with Gasteiger partial charge in [0.2, 0.25) is 0 Å². The van der Waals surface area contributed by atoms with Crippen LogP contribution in [0.2, 0.25) is 0 Å². The Morgan fingerprint density at radius 2 is 0.867 bits per heavy atom. The van der Waals surface area contributed by atoms with Crippen molar-refractivity contribution in [1.29, 1.82) is 0 Å². The Bertz CT molecular complexity index is 202. The van der Waals surface area contributed by atoms with E-state index < -0.39 is 0 Å². The molecule has 0 saturated carbocycles. The van der Waals surface area contributed by atoms with Crippen LogP contribution in [-0.4, -0.2) is 0 Å². The summed E-state index contributed by atoms with van der Waals surface area (Å²) in [5.74, 6) is 2.05. The topological polar surface area (TPSA) is 0 Å². The van der Waals surface area contributed by atoms with E-state index in [0.717, 1.165) is 0 Å². The summed E-state index contributed by atoms with van der Waals surface area (Å²) in [5, 5.41) is 0. The smallest absolute Gasteiger partial charge is 0.0227 e. The molecule has 0 spiro atoms. The second-order valence-corrected chi connectivity index (χ2v) is 4.92. The van der Waals surface area contributed by atoms with Crippen LogP contribution in [0.25, 0.3) is 0 Å². The highest BCUT2D eigenvalue weighted by Gasteiger charge is 1.99. The predicted molar refractivity (Wildman–Crippen MR) is 68.8 cm³/mol. The van der Waals surface area contributed by atoms with Crippen LogP contribution in [0.1, 0.15) is 40.0 Å².